The van der Waals surface area contributed by atoms with Gasteiger partial charge in [-0.2, -0.15) is 0 Å². The Balaban J connectivity index is 2.27. The van der Waals surface area contributed by atoms with E-state index in [0.717, 1.165) is 18.1 Å². The van der Waals surface area contributed by atoms with E-state index < -0.39 is 0 Å². The molecule has 1 N–H and O–H groups in total. The lowest BCUT2D eigenvalue weighted by atomic mass is 10.2. The highest BCUT2D eigenvalue weighted by Gasteiger charge is 2.16. The average molecular weight is 269 g/mol. The fourth-order valence-electron chi connectivity index (χ4n) is 2.05. The molecule has 0 fully saturated rings. The van der Waals surface area contributed by atoms with Crippen molar-refractivity contribution in [1.82, 2.24) is 4.98 Å². The third-order valence-corrected chi connectivity index (χ3v) is 2.99. The second-order valence-corrected chi connectivity index (χ2v) is 4.35. The maximum atomic E-state index is 12.6. The number of hydrogen-bond donors (Lipinski definition) is 1. The van der Waals surface area contributed by atoms with Gasteiger partial charge in [0, 0.05) is 30.5 Å². The normalized spacial score (nSPS) is 10.1. The van der Waals surface area contributed by atoms with Gasteiger partial charge in [-0.3, -0.25) is 4.79 Å². The first-order valence-corrected chi connectivity index (χ1v) is 6.83. The Bertz CT molecular complexity index is 569. The molecule has 0 saturated carbocycles. The Morgan fingerprint density at radius 3 is 2.60 bits per heavy atom. The van der Waals surface area contributed by atoms with Gasteiger partial charge < -0.3 is 10.2 Å². The smallest absolute Gasteiger partial charge is 0.258 e. The van der Waals surface area contributed by atoms with E-state index in [-0.39, 0.29) is 5.91 Å². The zero-order valence-corrected chi connectivity index (χ0v) is 11.8. The predicted octanol–water partition coefficient (Wildman–Crippen LogP) is 3.18. The molecule has 1 heterocycles. The third kappa shape index (κ3) is 3.15. The van der Waals surface area contributed by atoms with Crippen molar-refractivity contribution in [3.8, 4) is 0 Å². The zero-order valence-electron chi connectivity index (χ0n) is 11.8. The Hall–Kier alpha value is -2.36. The number of nitrogens with zero attached hydrogens (tertiary/aromatic N) is 2. The molecule has 0 unspecified atom stereocenters. The number of para-hydroxylation sites is 1. The SMILES string of the molecule is CCNc1cc(C(=O)N(CC)c2ccccc2)ccn1. The van der Waals surface area contributed by atoms with Crippen molar-refractivity contribution in [2.45, 2.75) is 13.8 Å². The highest BCUT2D eigenvalue weighted by atomic mass is 16.2. The average Bonchev–Trinajstić information content (AvgIpc) is 2.50. The first-order chi connectivity index (χ1) is 9.76. The summed E-state index contributed by atoms with van der Waals surface area (Å²) >= 11 is 0. The molecule has 0 saturated heterocycles. The summed E-state index contributed by atoms with van der Waals surface area (Å²) < 4.78 is 0. The van der Waals surface area contributed by atoms with Crippen molar-refractivity contribution in [2.24, 2.45) is 0 Å². The van der Waals surface area contributed by atoms with E-state index in [1.165, 1.54) is 0 Å². The lowest BCUT2D eigenvalue weighted by Gasteiger charge is -2.21. The summed E-state index contributed by atoms with van der Waals surface area (Å²) in [6.07, 6.45) is 1.66. The molecule has 2 rings (SSSR count). The number of pyridine rings is 1. The van der Waals surface area contributed by atoms with Gasteiger partial charge in [0.25, 0.3) is 5.91 Å². The first kappa shape index (κ1) is 14.1. The Morgan fingerprint density at radius 2 is 1.95 bits per heavy atom. The number of hydrogen-bond acceptors (Lipinski definition) is 3. The molecule has 4 nitrogen and oxygen atoms in total. The molecule has 20 heavy (non-hydrogen) atoms. The van der Waals surface area contributed by atoms with E-state index in [1.54, 1.807) is 23.2 Å². The number of carbonyl (C=O) groups is 1. The molecule has 0 spiro atoms. The number of carbonyl (C=O) groups excluding carboxylic acids is 1. The quantitative estimate of drug-likeness (QED) is 0.906. The van der Waals surface area contributed by atoms with Crippen LogP contribution in [-0.4, -0.2) is 24.0 Å². The maximum absolute atomic E-state index is 12.6. The second kappa shape index (κ2) is 6.70. The van der Waals surface area contributed by atoms with Crippen molar-refractivity contribution in [3.05, 3.63) is 54.2 Å². The molecule has 1 amide bonds. The molecule has 0 aliphatic heterocycles. The largest absolute Gasteiger partial charge is 0.370 e. The molecule has 0 aliphatic rings. The van der Waals surface area contributed by atoms with Crippen molar-refractivity contribution in [2.75, 3.05) is 23.3 Å². The van der Waals surface area contributed by atoms with E-state index in [2.05, 4.69) is 10.3 Å². The molecule has 2 aromatic rings. The van der Waals surface area contributed by atoms with Crippen LogP contribution in [0.15, 0.2) is 48.7 Å². The first-order valence-electron chi connectivity index (χ1n) is 6.83. The standard InChI is InChI=1S/C16H19N3O/c1-3-17-15-12-13(10-11-18-15)16(20)19(4-2)14-8-6-5-7-9-14/h5-12H,3-4H2,1-2H3,(H,17,18). The van der Waals surface area contributed by atoms with Crippen molar-refractivity contribution in [3.63, 3.8) is 0 Å². The molecule has 0 bridgehead atoms. The molecule has 0 aliphatic carbocycles. The van der Waals surface area contributed by atoms with Crippen LogP contribution in [0.1, 0.15) is 24.2 Å². The van der Waals surface area contributed by atoms with Gasteiger partial charge in [-0.25, -0.2) is 4.98 Å². The third-order valence-electron chi connectivity index (χ3n) is 2.99. The van der Waals surface area contributed by atoms with Crippen LogP contribution in [0.25, 0.3) is 0 Å². The molecule has 4 heteroatoms. The maximum Gasteiger partial charge on any atom is 0.258 e. The number of anilines is 2. The number of rotatable bonds is 5. The topological polar surface area (TPSA) is 45.2 Å². The van der Waals surface area contributed by atoms with E-state index in [9.17, 15) is 4.79 Å². The molecule has 104 valence electrons. The summed E-state index contributed by atoms with van der Waals surface area (Å²) in [4.78, 5) is 18.5. The highest BCUT2D eigenvalue weighted by molar-refractivity contribution is 6.06. The fourth-order valence-corrected chi connectivity index (χ4v) is 2.05. The van der Waals surface area contributed by atoms with Gasteiger partial charge in [0.2, 0.25) is 0 Å². The highest BCUT2D eigenvalue weighted by Crippen LogP contribution is 2.17. The van der Waals surface area contributed by atoms with E-state index in [4.69, 9.17) is 0 Å². The summed E-state index contributed by atoms with van der Waals surface area (Å²) in [7, 11) is 0. The molecule has 1 aromatic carbocycles. The van der Waals surface area contributed by atoms with Gasteiger partial charge >= 0.3 is 0 Å². The van der Waals surface area contributed by atoms with Crippen LogP contribution in [0, 0.1) is 0 Å². The molecular formula is C16H19N3O. The molecule has 0 atom stereocenters. The van der Waals surface area contributed by atoms with Gasteiger partial charge in [-0.1, -0.05) is 18.2 Å². The van der Waals surface area contributed by atoms with Crippen LogP contribution in [-0.2, 0) is 0 Å². The van der Waals surface area contributed by atoms with Crippen LogP contribution < -0.4 is 10.2 Å². The minimum absolute atomic E-state index is 0.0137. The van der Waals surface area contributed by atoms with Crippen LogP contribution in [0.3, 0.4) is 0 Å². The Kier molecular flexibility index (Phi) is 4.71. The van der Waals surface area contributed by atoms with Crippen LogP contribution in [0.5, 0.6) is 0 Å². The van der Waals surface area contributed by atoms with Crippen molar-refractivity contribution < 1.29 is 4.79 Å². The van der Waals surface area contributed by atoms with Crippen molar-refractivity contribution >= 4 is 17.4 Å². The minimum Gasteiger partial charge on any atom is -0.370 e. The molecule has 0 radical (unpaired) electrons. The van der Waals surface area contributed by atoms with E-state index >= 15 is 0 Å². The number of nitrogens with one attached hydrogen (secondary N) is 1. The van der Waals surface area contributed by atoms with E-state index in [0.29, 0.717) is 12.1 Å². The predicted molar refractivity (Wildman–Crippen MR) is 82.2 cm³/mol. The lowest BCUT2D eigenvalue weighted by Crippen LogP contribution is -2.30. The summed E-state index contributed by atoms with van der Waals surface area (Å²) in [5, 5.41) is 3.12. The minimum atomic E-state index is -0.0137. The van der Waals surface area contributed by atoms with Gasteiger partial charge in [-0.15, -0.1) is 0 Å². The Labute approximate surface area is 119 Å². The fraction of sp³-hybridized carbons (Fsp3) is 0.250. The van der Waals surface area contributed by atoms with Gasteiger partial charge in [-0.05, 0) is 38.1 Å². The van der Waals surface area contributed by atoms with Gasteiger partial charge in [0.1, 0.15) is 5.82 Å². The summed E-state index contributed by atoms with van der Waals surface area (Å²) in [5.41, 5.74) is 1.54. The summed E-state index contributed by atoms with van der Waals surface area (Å²) in [5.74, 6) is 0.711. The van der Waals surface area contributed by atoms with Gasteiger partial charge in [0.05, 0.1) is 0 Å². The van der Waals surface area contributed by atoms with Gasteiger partial charge in [0.15, 0.2) is 0 Å². The summed E-state index contributed by atoms with van der Waals surface area (Å²) in [6.45, 7) is 5.37. The molecule has 1 aromatic heterocycles. The van der Waals surface area contributed by atoms with E-state index in [1.807, 2.05) is 44.2 Å². The van der Waals surface area contributed by atoms with Crippen LogP contribution in [0.4, 0.5) is 11.5 Å². The van der Waals surface area contributed by atoms with Crippen LogP contribution >= 0.6 is 0 Å². The number of benzene rings is 1. The summed E-state index contributed by atoms with van der Waals surface area (Å²) in [6, 6.07) is 13.2. The number of amides is 1. The zero-order chi connectivity index (χ0) is 14.4. The van der Waals surface area contributed by atoms with Crippen molar-refractivity contribution in [1.29, 1.82) is 0 Å². The second-order valence-electron chi connectivity index (χ2n) is 4.35. The van der Waals surface area contributed by atoms with Crippen LogP contribution in [0.2, 0.25) is 0 Å². The molecular weight excluding hydrogens is 250 g/mol. The lowest BCUT2D eigenvalue weighted by molar-refractivity contribution is 0.0988. The Morgan fingerprint density at radius 1 is 1.20 bits per heavy atom. The monoisotopic (exact) mass is 269 g/mol. The number of aromatic nitrogens is 1.